The quantitative estimate of drug-likeness (QED) is 0.102. The van der Waals surface area contributed by atoms with Gasteiger partial charge in [-0.3, -0.25) is 28.9 Å². The van der Waals surface area contributed by atoms with E-state index in [9.17, 15) is 24.0 Å². The van der Waals surface area contributed by atoms with Crippen LogP contribution < -0.4 is 0 Å². The summed E-state index contributed by atoms with van der Waals surface area (Å²) in [6, 6.07) is 7.04. The van der Waals surface area contributed by atoms with Crippen LogP contribution in [0.5, 0.6) is 0 Å². The number of nitrogens with one attached hydrogen (secondary N) is 1. The molecule has 0 spiro atoms. The number of likely N-dealkylation sites (tertiary alicyclic amines) is 1. The van der Waals surface area contributed by atoms with Gasteiger partial charge in [0, 0.05) is 76.0 Å². The predicted molar refractivity (Wildman–Crippen MR) is 228 cm³/mol. The molecule has 0 bridgehead atoms. The van der Waals surface area contributed by atoms with E-state index in [0.717, 1.165) is 37.6 Å². The fourth-order valence-corrected chi connectivity index (χ4v) is 9.31. The lowest BCUT2D eigenvalue weighted by Crippen LogP contribution is -2.54. The van der Waals surface area contributed by atoms with Crippen LogP contribution in [-0.4, -0.2) is 126 Å². The molecule has 1 aromatic carbocycles. The average molecular weight is 811 g/mol. The highest BCUT2D eigenvalue weighted by molar-refractivity contribution is 5.90. The number of para-hydroxylation sites is 1. The number of likely N-dealkylation sites (N-methyl/N-ethyl adjacent to an activating group) is 2. The number of carboxylic acid groups (broad SMARTS) is 1. The third-order valence-electron chi connectivity index (χ3n) is 12.8. The molecule has 8 atom stereocenters. The first-order chi connectivity index (χ1) is 27.5. The second kappa shape index (κ2) is 23.3. The number of ketones is 2. The van der Waals surface area contributed by atoms with Gasteiger partial charge in [0.1, 0.15) is 5.78 Å². The van der Waals surface area contributed by atoms with Crippen LogP contribution in [0.3, 0.4) is 0 Å². The average Bonchev–Trinajstić information content (AvgIpc) is 3.84. The van der Waals surface area contributed by atoms with Gasteiger partial charge >= 0.3 is 5.97 Å². The first kappa shape index (κ1) is 48.8. The van der Waals surface area contributed by atoms with E-state index < -0.39 is 42.1 Å². The van der Waals surface area contributed by atoms with Crippen molar-refractivity contribution in [3.63, 3.8) is 0 Å². The zero-order chi connectivity index (χ0) is 43.3. The fourth-order valence-electron chi connectivity index (χ4n) is 9.31. The Kier molecular flexibility index (Phi) is 19.5. The topological polar surface area (TPSA) is 150 Å². The Morgan fingerprint density at radius 2 is 1.60 bits per heavy atom. The molecule has 0 unspecified atom stereocenters. The molecular formula is C46H74N4O8. The number of hydrogen-bond donors (Lipinski definition) is 2. The van der Waals surface area contributed by atoms with Gasteiger partial charge in [-0.15, -0.1) is 0 Å². The minimum Gasteiger partial charge on any atom is -0.481 e. The number of amides is 2. The highest BCUT2D eigenvalue weighted by Gasteiger charge is 2.43. The number of ether oxygens (including phenoxy) is 2. The van der Waals surface area contributed by atoms with Crippen molar-refractivity contribution in [3.8, 4) is 0 Å². The minimum absolute atomic E-state index is 0.0120. The summed E-state index contributed by atoms with van der Waals surface area (Å²) >= 11 is 0. The molecule has 1 aliphatic heterocycles. The maximum absolute atomic E-state index is 14.5. The van der Waals surface area contributed by atoms with Crippen LogP contribution in [0.1, 0.15) is 112 Å². The number of aromatic nitrogens is 1. The molecule has 0 radical (unpaired) electrons. The van der Waals surface area contributed by atoms with Crippen molar-refractivity contribution in [2.24, 2.45) is 29.6 Å². The Labute approximate surface area is 347 Å². The summed E-state index contributed by atoms with van der Waals surface area (Å²) in [7, 11) is 6.81. The summed E-state index contributed by atoms with van der Waals surface area (Å²) in [6.45, 7) is 14.9. The molecular weight excluding hydrogens is 737 g/mol. The van der Waals surface area contributed by atoms with Crippen molar-refractivity contribution in [1.29, 1.82) is 0 Å². The number of rotatable bonds is 26. The van der Waals surface area contributed by atoms with Gasteiger partial charge in [-0.1, -0.05) is 73.1 Å². The van der Waals surface area contributed by atoms with Gasteiger partial charge in [0.05, 0.1) is 36.8 Å². The highest BCUT2D eigenvalue weighted by Crippen LogP contribution is 2.32. The summed E-state index contributed by atoms with van der Waals surface area (Å²) < 4.78 is 12.1. The zero-order valence-electron chi connectivity index (χ0n) is 37.3. The smallest absolute Gasteiger partial charge is 0.303 e. The van der Waals surface area contributed by atoms with Crippen LogP contribution >= 0.6 is 0 Å². The molecule has 2 aromatic rings. The Balaban J connectivity index is 1.72. The summed E-state index contributed by atoms with van der Waals surface area (Å²) in [4.78, 5) is 76.1. The van der Waals surface area contributed by atoms with Gasteiger partial charge in [-0.2, -0.15) is 0 Å². The third kappa shape index (κ3) is 12.7. The number of methoxy groups -OCH3 is 2. The van der Waals surface area contributed by atoms with Crippen molar-refractivity contribution in [1.82, 2.24) is 19.7 Å². The molecule has 2 N–H and O–H groups in total. The Hall–Kier alpha value is -3.61. The maximum Gasteiger partial charge on any atom is 0.303 e. The predicted octanol–water partition coefficient (Wildman–Crippen LogP) is 7.03. The Bertz CT molecular complexity index is 1640. The lowest BCUT2D eigenvalue weighted by Gasteiger charge is -2.41. The van der Waals surface area contributed by atoms with Gasteiger partial charge in [0.25, 0.3) is 0 Å². The first-order valence-electron chi connectivity index (χ1n) is 21.6. The van der Waals surface area contributed by atoms with E-state index in [2.05, 4.69) is 24.9 Å². The van der Waals surface area contributed by atoms with Gasteiger partial charge < -0.3 is 29.4 Å². The van der Waals surface area contributed by atoms with Crippen LogP contribution in [-0.2, 0) is 39.9 Å². The number of carbonyl (C=O) groups excluding carboxylic acids is 4. The highest BCUT2D eigenvalue weighted by atomic mass is 16.5. The van der Waals surface area contributed by atoms with E-state index in [-0.39, 0.29) is 66.4 Å². The lowest BCUT2D eigenvalue weighted by molar-refractivity contribution is -0.149. The molecule has 1 aromatic heterocycles. The summed E-state index contributed by atoms with van der Waals surface area (Å²) in [5.41, 5.74) is 2.29. The monoisotopic (exact) mass is 811 g/mol. The number of aryl methyl sites for hydroxylation is 1. The number of nitrogens with zero attached hydrogens (tertiary/aromatic N) is 3. The van der Waals surface area contributed by atoms with E-state index in [1.807, 2.05) is 75.9 Å². The van der Waals surface area contributed by atoms with E-state index in [4.69, 9.17) is 14.6 Å². The van der Waals surface area contributed by atoms with Crippen LogP contribution in [0.2, 0.25) is 0 Å². The lowest BCUT2D eigenvalue weighted by atomic mass is 9.83. The van der Waals surface area contributed by atoms with Crippen molar-refractivity contribution >= 4 is 40.3 Å². The largest absolute Gasteiger partial charge is 0.481 e. The van der Waals surface area contributed by atoms with E-state index in [1.165, 1.54) is 10.9 Å². The van der Waals surface area contributed by atoms with Crippen LogP contribution in [0.25, 0.3) is 10.9 Å². The number of benzene rings is 1. The molecule has 58 heavy (non-hydrogen) atoms. The fraction of sp³-hybridized carbons (Fsp3) is 0.717. The normalized spacial score (nSPS) is 18.3. The number of carbonyl (C=O) groups is 5. The van der Waals surface area contributed by atoms with E-state index in [0.29, 0.717) is 25.9 Å². The maximum atomic E-state index is 14.5. The number of aromatic amines is 1. The van der Waals surface area contributed by atoms with Crippen molar-refractivity contribution in [2.75, 3.05) is 41.4 Å². The molecule has 1 aliphatic rings. The van der Waals surface area contributed by atoms with Gasteiger partial charge in [-0.25, -0.2) is 0 Å². The summed E-state index contributed by atoms with van der Waals surface area (Å²) in [5, 5.41) is 10.3. The number of aliphatic carboxylic acids is 1. The third-order valence-corrected chi connectivity index (χ3v) is 12.8. The number of H-pyrrole nitrogens is 1. The molecule has 12 nitrogen and oxygen atoms in total. The van der Waals surface area contributed by atoms with E-state index in [1.54, 1.807) is 26.2 Å². The number of fused-ring (bicyclic) bond motifs is 1. The van der Waals surface area contributed by atoms with E-state index >= 15 is 0 Å². The van der Waals surface area contributed by atoms with Crippen LogP contribution in [0, 0.1) is 29.6 Å². The van der Waals surface area contributed by atoms with Crippen molar-refractivity contribution < 1.29 is 38.6 Å². The minimum atomic E-state index is -0.869. The Morgan fingerprint density at radius 1 is 0.914 bits per heavy atom. The first-order valence-corrected chi connectivity index (χ1v) is 21.6. The van der Waals surface area contributed by atoms with Crippen molar-refractivity contribution in [3.05, 3.63) is 36.0 Å². The standard InChI is InChI=1S/C46H74N4O8/c1-12-31(6)44(49(9)46(56)35(29(2)3)26-39(52)43(30(4)5)48(8)24-17-23-42(54)55)40(57-10)27-41(53)50-25-16-21-37(50)45(58-11)32(7)38(51)22-15-18-33-28-47-36-20-14-13-19-34(33)36/h13-14,19-20,28-32,35,37,40,43-45,47H,12,15-18,21-27H2,1-11H3,(H,54,55)/t31-,32-,35-,37-,40+,43-,44-,45+/m0/s1. The second-order valence-electron chi connectivity index (χ2n) is 17.5. The SMILES string of the molecule is CC[C@H](C)[C@@H]([C@@H](CC(=O)N1CCC[C@H]1[C@H](OC)[C@@H](C)C(=O)CCCc1c[nH]c2ccccc12)OC)N(C)C(=O)[C@@H](CC(=O)[C@H](C(C)C)N(C)CCCC(=O)O)C(C)C. The second-order valence-corrected chi connectivity index (χ2v) is 17.5. The molecule has 0 saturated carbocycles. The zero-order valence-corrected chi connectivity index (χ0v) is 37.3. The molecule has 1 fully saturated rings. The molecule has 3 rings (SSSR count). The van der Waals surface area contributed by atoms with Crippen LogP contribution in [0.15, 0.2) is 30.5 Å². The van der Waals surface area contributed by atoms with Crippen LogP contribution in [0.4, 0.5) is 0 Å². The number of Topliss-reactive ketones (excluding diaryl/α,β-unsaturated/α-hetero) is 2. The Morgan fingerprint density at radius 3 is 2.21 bits per heavy atom. The van der Waals surface area contributed by atoms with Gasteiger partial charge in [0.2, 0.25) is 11.8 Å². The molecule has 2 amide bonds. The molecule has 1 saturated heterocycles. The molecule has 0 aliphatic carbocycles. The van der Waals surface area contributed by atoms with Gasteiger partial charge in [-0.05, 0) is 75.1 Å². The summed E-state index contributed by atoms with van der Waals surface area (Å²) in [5.74, 6) is -2.17. The molecule has 2 heterocycles. The number of hydrogen-bond acceptors (Lipinski definition) is 8. The van der Waals surface area contributed by atoms with Crippen molar-refractivity contribution in [2.45, 2.75) is 143 Å². The summed E-state index contributed by atoms with van der Waals surface area (Å²) in [6.07, 6.45) is 5.78. The molecule has 12 heteroatoms. The van der Waals surface area contributed by atoms with Gasteiger partial charge in [0.15, 0.2) is 5.78 Å². The number of carboxylic acids is 1. The molecule has 326 valence electrons.